The fourth-order valence-electron chi connectivity index (χ4n) is 4.20. The molecule has 0 aromatic heterocycles. The van der Waals surface area contributed by atoms with Crippen LogP contribution in [0.15, 0.2) is 42.5 Å². The van der Waals surface area contributed by atoms with Crippen LogP contribution in [0.5, 0.6) is 11.5 Å². The number of carbonyl (C=O) groups is 2. The third-order valence-electron chi connectivity index (χ3n) is 5.68. The number of esters is 2. The van der Waals surface area contributed by atoms with E-state index in [0.717, 1.165) is 33.5 Å². The molecule has 3 aromatic carbocycles. The Morgan fingerprint density at radius 3 is 1.56 bits per heavy atom. The molecule has 0 aliphatic heterocycles. The van der Waals surface area contributed by atoms with Crippen LogP contribution in [0.1, 0.15) is 66.9 Å². The maximum absolute atomic E-state index is 12.3. The van der Waals surface area contributed by atoms with Gasteiger partial charge in [-0.3, -0.25) is 9.59 Å². The van der Waals surface area contributed by atoms with Crippen molar-refractivity contribution < 1.29 is 28.5 Å². The maximum Gasteiger partial charge on any atom is 0.309 e. The van der Waals surface area contributed by atoms with E-state index in [9.17, 15) is 9.59 Å². The molecule has 0 heterocycles. The topological polar surface area (TPSA) is 71.1 Å². The molecule has 2 atom stereocenters. The monoisotopic (exact) mass is 494 g/mol. The Morgan fingerprint density at radius 1 is 0.667 bits per heavy atom. The first-order chi connectivity index (χ1) is 17.1. The molecule has 0 bridgehead atoms. The number of aryl methyl sites for hydroxylation is 1. The molecule has 2 unspecified atom stereocenters. The molecule has 0 aliphatic carbocycles. The van der Waals surface area contributed by atoms with Gasteiger partial charge in [0.05, 0.1) is 25.0 Å². The summed E-state index contributed by atoms with van der Waals surface area (Å²) in [6, 6.07) is 14.1. The van der Waals surface area contributed by atoms with E-state index in [4.69, 9.17) is 18.9 Å². The van der Waals surface area contributed by atoms with Crippen molar-refractivity contribution in [3.63, 3.8) is 0 Å². The van der Waals surface area contributed by atoms with Crippen molar-refractivity contribution in [3.05, 3.63) is 48.0 Å². The molecule has 0 aliphatic rings. The Bertz CT molecular complexity index is 1210. The van der Waals surface area contributed by atoms with Crippen molar-refractivity contribution in [3.8, 4) is 11.5 Å². The molecule has 194 valence electrons. The summed E-state index contributed by atoms with van der Waals surface area (Å²) in [5.41, 5.74) is 1.16. The first-order valence-corrected chi connectivity index (χ1v) is 12.8. The lowest BCUT2D eigenvalue weighted by Crippen LogP contribution is -2.22. The molecule has 0 saturated heterocycles. The SMILES string of the molecule is CCc1ccc2c(OC(C)CC(=O)OC(C)C)c3ccccc3c(OC(C)CC(=O)OC(C)C)c2c1. The number of hydrogen-bond acceptors (Lipinski definition) is 6. The molecular formula is C30H38O6. The van der Waals surface area contributed by atoms with Gasteiger partial charge >= 0.3 is 11.9 Å². The number of benzene rings is 3. The lowest BCUT2D eigenvalue weighted by Gasteiger charge is -2.23. The molecule has 6 nitrogen and oxygen atoms in total. The Balaban J connectivity index is 2.06. The van der Waals surface area contributed by atoms with Gasteiger partial charge in [0.15, 0.2) is 0 Å². The summed E-state index contributed by atoms with van der Waals surface area (Å²) < 4.78 is 23.5. The number of carbonyl (C=O) groups excluding carboxylic acids is 2. The van der Waals surface area contributed by atoms with E-state index < -0.39 is 0 Å². The minimum absolute atomic E-state index is 0.147. The van der Waals surface area contributed by atoms with Gasteiger partial charge < -0.3 is 18.9 Å². The fourth-order valence-corrected chi connectivity index (χ4v) is 4.20. The molecule has 6 heteroatoms. The first kappa shape index (κ1) is 27.3. The second-order valence-corrected chi connectivity index (χ2v) is 9.78. The highest BCUT2D eigenvalue weighted by Gasteiger charge is 2.22. The van der Waals surface area contributed by atoms with E-state index in [1.807, 2.05) is 71.9 Å². The Labute approximate surface area is 213 Å². The predicted octanol–water partition coefficient (Wildman–Crippen LogP) is 6.77. The first-order valence-electron chi connectivity index (χ1n) is 12.8. The van der Waals surface area contributed by atoms with Crippen molar-refractivity contribution in [2.75, 3.05) is 0 Å². The average Bonchev–Trinajstić information content (AvgIpc) is 2.79. The van der Waals surface area contributed by atoms with Gasteiger partial charge in [-0.1, -0.05) is 43.3 Å². The zero-order valence-corrected chi connectivity index (χ0v) is 22.4. The molecule has 0 fully saturated rings. The molecule has 0 saturated carbocycles. The van der Waals surface area contributed by atoms with Crippen LogP contribution in [0, 0.1) is 0 Å². The van der Waals surface area contributed by atoms with Gasteiger partial charge in [-0.15, -0.1) is 0 Å². The second-order valence-electron chi connectivity index (χ2n) is 9.78. The van der Waals surface area contributed by atoms with Crippen LogP contribution >= 0.6 is 0 Å². The summed E-state index contributed by atoms with van der Waals surface area (Å²) in [4.78, 5) is 24.5. The van der Waals surface area contributed by atoms with E-state index in [1.54, 1.807) is 0 Å². The molecule has 36 heavy (non-hydrogen) atoms. The minimum atomic E-state index is -0.385. The summed E-state index contributed by atoms with van der Waals surface area (Å²) in [6.07, 6.45) is 0.0504. The highest BCUT2D eigenvalue weighted by atomic mass is 16.6. The number of hydrogen-bond donors (Lipinski definition) is 0. The molecule has 3 aromatic rings. The van der Waals surface area contributed by atoms with Gasteiger partial charge in [0.25, 0.3) is 0 Å². The highest BCUT2D eigenvalue weighted by Crippen LogP contribution is 2.44. The highest BCUT2D eigenvalue weighted by molar-refractivity contribution is 6.11. The normalized spacial score (nSPS) is 13.1. The summed E-state index contributed by atoms with van der Waals surface area (Å²) in [5.74, 6) is 0.830. The molecule has 0 spiro atoms. The van der Waals surface area contributed by atoms with Crippen LogP contribution in [0.3, 0.4) is 0 Å². The Kier molecular flexibility index (Phi) is 9.19. The zero-order valence-electron chi connectivity index (χ0n) is 22.4. The van der Waals surface area contributed by atoms with Crippen molar-refractivity contribution in [2.45, 2.75) is 92.1 Å². The largest absolute Gasteiger partial charge is 0.489 e. The number of fused-ring (bicyclic) bond motifs is 2. The van der Waals surface area contributed by atoms with Crippen molar-refractivity contribution >= 4 is 33.5 Å². The van der Waals surface area contributed by atoms with Gasteiger partial charge in [-0.05, 0) is 59.6 Å². The summed E-state index contributed by atoms with van der Waals surface area (Å²) >= 11 is 0. The third kappa shape index (κ3) is 6.90. The van der Waals surface area contributed by atoms with Gasteiger partial charge in [-0.2, -0.15) is 0 Å². The van der Waals surface area contributed by atoms with Crippen LogP contribution in [-0.2, 0) is 25.5 Å². The van der Waals surface area contributed by atoms with Crippen LogP contribution < -0.4 is 9.47 Å². The van der Waals surface area contributed by atoms with Crippen molar-refractivity contribution in [2.24, 2.45) is 0 Å². The number of rotatable bonds is 11. The Morgan fingerprint density at radius 2 is 1.11 bits per heavy atom. The van der Waals surface area contributed by atoms with E-state index in [1.165, 1.54) is 0 Å². The average molecular weight is 495 g/mol. The summed E-state index contributed by atoms with van der Waals surface area (Å²) in [7, 11) is 0. The van der Waals surface area contributed by atoms with Crippen LogP contribution in [0.2, 0.25) is 0 Å². The Hall–Kier alpha value is -3.28. The smallest absolute Gasteiger partial charge is 0.309 e. The van der Waals surface area contributed by atoms with E-state index in [0.29, 0.717) is 11.5 Å². The standard InChI is InChI=1S/C30H38O6/c1-8-22-13-14-25-26(17-22)30(36-21(7)16-28(32)34-19(4)5)24-12-10-9-11-23(24)29(25)35-20(6)15-27(31)33-18(2)3/h9-14,17-21H,8,15-16H2,1-7H3. The summed E-state index contributed by atoms with van der Waals surface area (Å²) in [5, 5.41) is 3.56. The van der Waals surface area contributed by atoms with E-state index in [2.05, 4.69) is 19.1 Å². The van der Waals surface area contributed by atoms with Crippen molar-refractivity contribution in [1.82, 2.24) is 0 Å². The van der Waals surface area contributed by atoms with Gasteiger partial charge in [0, 0.05) is 21.5 Å². The van der Waals surface area contributed by atoms with Crippen LogP contribution in [-0.4, -0.2) is 36.4 Å². The van der Waals surface area contributed by atoms with Gasteiger partial charge in [0.1, 0.15) is 23.7 Å². The molecule has 0 N–H and O–H groups in total. The molecule has 0 amide bonds. The zero-order chi connectivity index (χ0) is 26.4. The third-order valence-corrected chi connectivity index (χ3v) is 5.68. The summed E-state index contributed by atoms with van der Waals surface area (Å²) in [6.45, 7) is 13.2. The van der Waals surface area contributed by atoms with Crippen LogP contribution in [0.25, 0.3) is 21.5 Å². The van der Waals surface area contributed by atoms with Gasteiger partial charge in [0.2, 0.25) is 0 Å². The predicted molar refractivity (Wildman–Crippen MR) is 143 cm³/mol. The van der Waals surface area contributed by atoms with E-state index in [-0.39, 0.29) is 49.2 Å². The lowest BCUT2D eigenvalue weighted by molar-refractivity contribution is -0.150. The van der Waals surface area contributed by atoms with Gasteiger partial charge in [-0.25, -0.2) is 0 Å². The molecule has 0 radical (unpaired) electrons. The second kappa shape index (κ2) is 12.1. The quantitative estimate of drug-likeness (QED) is 0.216. The lowest BCUT2D eigenvalue weighted by atomic mass is 9.98. The van der Waals surface area contributed by atoms with E-state index >= 15 is 0 Å². The number of ether oxygens (including phenoxy) is 4. The molecule has 3 rings (SSSR count). The van der Waals surface area contributed by atoms with Crippen LogP contribution in [0.4, 0.5) is 0 Å². The minimum Gasteiger partial charge on any atom is -0.489 e. The van der Waals surface area contributed by atoms with Crippen molar-refractivity contribution in [1.29, 1.82) is 0 Å². The molecular weight excluding hydrogens is 456 g/mol. The fraction of sp³-hybridized carbons (Fsp3) is 0.467. The maximum atomic E-state index is 12.3.